The van der Waals surface area contributed by atoms with Crippen LogP contribution in [0.3, 0.4) is 0 Å². The van der Waals surface area contributed by atoms with E-state index in [2.05, 4.69) is 10.3 Å². The minimum absolute atomic E-state index is 0.0848. The first-order chi connectivity index (χ1) is 14.8. The zero-order chi connectivity index (χ0) is 22.3. The van der Waals surface area contributed by atoms with Crippen LogP contribution in [0.1, 0.15) is 20.7 Å². The van der Waals surface area contributed by atoms with Gasteiger partial charge < -0.3 is 16.2 Å². The maximum atomic E-state index is 11.5. The number of carboxylic acid groups (broad SMARTS) is 1. The SMILES string of the molecule is NC(=O)c1ccc(-n2c(Nc3c(Cl)cccc3Cl)nc3cc(C(=O)O)ccc32)cc1Cl. The topological polar surface area (TPSA) is 110 Å². The Kier molecular flexibility index (Phi) is 5.49. The van der Waals surface area contributed by atoms with Crippen molar-refractivity contribution in [1.82, 2.24) is 9.55 Å². The van der Waals surface area contributed by atoms with E-state index in [-0.39, 0.29) is 16.1 Å². The van der Waals surface area contributed by atoms with E-state index in [1.54, 1.807) is 41.0 Å². The number of anilines is 2. The molecule has 0 spiro atoms. The van der Waals surface area contributed by atoms with Gasteiger partial charge in [0, 0.05) is 0 Å². The molecule has 0 unspecified atom stereocenters. The summed E-state index contributed by atoms with van der Waals surface area (Å²) in [5, 5.41) is 13.3. The Bertz CT molecular complexity index is 1350. The van der Waals surface area contributed by atoms with Crippen molar-refractivity contribution >= 4 is 69.3 Å². The number of hydrogen-bond donors (Lipinski definition) is 3. The van der Waals surface area contributed by atoms with Crippen molar-refractivity contribution in [3.8, 4) is 5.69 Å². The number of amides is 1. The number of rotatable bonds is 5. The molecule has 1 amide bonds. The maximum Gasteiger partial charge on any atom is 0.335 e. The minimum Gasteiger partial charge on any atom is -0.478 e. The predicted molar refractivity (Wildman–Crippen MR) is 121 cm³/mol. The average molecular weight is 476 g/mol. The van der Waals surface area contributed by atoms with Crippen molar-refractivity contribution in [2.24, 2.45) is 5.73 Å². The summed E-state index contributed by atoms with van der Waals surface area (Å²) in [6, 6.07) is 14.3. The van der Waals surface area contributed by atoms with Gasteiger partial charge in [-0.2, -0.15) is 0 Å². The Morgan fingerprint density at radius 1 is 0.968 bits per heavy atom. The highest BCUT2D eigenvalue weighted by molar-refractivity contribution is 6.39. The summed E-state index contributed by atoms with van der Waals surface area (Å²) in [5.41, 5.74) is 7.61. The lowest BCUT2D eigenvalue weighted by Gasteiger charge is -2.14. The van der Waals surface area contributed by atoms with Gasteiger partial charge in [-0.15, -0.1) is 0 Å². The first-order valence-electron chi connectivity index (χ1n) is 8.83. The average Bonchev–Trinajstić information content (AvgIpc) is 3.07. The number of primary amides is 1. The number of carbonyl (C=O) groups excluding carboxylic acids is 1. The van der Waals surface area contributed by atoms with Gasteiger partial charge in [-0.1, -0.05) is 40.9 Å². The Balaban J connectivity index is 1.95. The van der Waals surface area contributed by atoms with Gasteiger partial charge >= 0.3 is 5.97 Å². The number of para-hydroxylation sites is 1. The van der Waals surface area contributed by atoms with Gasteiger partial charge in [-0.25, -0.2) is 9.78 Å². The number of imidazole rings is 1. The molecule has 7 nitrogen and oxygen atoms in total. The molecule has 156 valence electrons. The summed E-state index contributed by atoms with van der Waals surface area (Å²) in [6.45, 7) is 0. The highest BCUT2D eigenvalue weighted by Gasteiger charge is 2.18. The summed E-state index contributed by atoms with van der Waals surface area (Å²) in [4.78, 5) is 27.5. The number of aromatic carboxylic acids is 1. The van der Waals surface area contributed by atoms with Crippen molar-refractivity contribution < 1.29 is 14.7 Å². The van der Waals surface area contributed by atoms with E-state index in [1.165, 1.54) is 18.2 Å². The molecule has 1 heterocycles. The Hall–Kier alpha value is -3.26. The lowest BCUT2D eigenvalue weighted by Crippen LogP contribution is -2.12. The van der Waals surface area contributed by atoms with Crippen molar-refractivity contribution in [2.75, 3.05) is 5.32 Å². The molecule has 0 bridgehead atoms. The minimum atomic E-state index is -1.08. The van der Waals surface area contributed by atoms with Crippen LogP contribution < -0.4 is 11.1 Å². The molecule has 0 radical (unpaired) electrons. The van der Waals surface area contributed by atoms with Gasteiger partial charge in [-0.3, -0.25) is 9.36 Å². The van der Waals surface area contributed by atoms with Crippen LogP contribution in [0.2, 0.25) is 15.1 Å². The molecule has 4 aromatic rings. The molecule has 0 aliphatic carbocycles. The summed E-state index contributed by atoms with van der Waals surface area (Å²) >= 11 is 18.8. The summed E-state index contributed by atoms with van der Waals surface area (Å²) < 4.78 is 1.71. The van der Waals surface area contributed by atoms with Crippen LogP contribution in [-0.4, -0.2) is 26.5 Å². The van der Waals surface area contributed by atoms with Crippen LogP contribution in [-0.2, 0) is 0 Å². The third-order valence-corrected chi connectivity index (χ3v) is 5.52. The first-order valence-corrected chi connectivity index (χ1v) is 9.96. The molecule has 0 saturated carbocycles. The van der Waals surface area contributed by atoms with Crippen molar-refractivity contribution in [2.45, 2.75) is 0 Å². The lowest BCUT2D eigenvalue weighted by atomic mass is 10.1. The number of fused-ring (bicyclic) bond motifs is 1. The molecule has 0 saturated heterocycles. The number of nitrogens with zero attached hydrogens (tertiary/aromatic N) is 2. The van der Waals surface area contributed by atoms with Crippen LogP contribution in [0.25, 0.3) is 16.7 Å². The van der Waals surface area contributed by atoms with Crippen LogP contribution in [0, 0.1) is 0 Å². The van der Waals surface area contributed by atoms with Gasteiger partial charge in [0.1, 0.15) is 0 Å². The Labute approximate surface area is 191 Å². The highest BCUT2D eigenvalue weighted by Crippen LogP contribution is 2.35. The molecule has 4 rings (SSSR count). The lowest BCUT2D eigenvalue weighted by molar-refractivity contribution is 0.0696. The summed E-state index contributed by atoms with van der Waals surface area (Å²) in [5.74, 6) is -1.41. The number of hydrogen-bond acceptors (Lipinski definition) is 4. The van der Waals surface area contributed by atoms with E-state index in [1.807, 2.05) is 0 Å². The quantitative estimate of drug-likeness (QED) is 0.352. The fraction of sp³-hybridized carbons (Fsp3) is 0. The van der Waals surface area contributed by atoms with Gasteiger partial charge in [-0.05, 0) is 48.5 Å². The van der Waals surface area contributed by atoms with Crippen molar-refractivity contribution in [3.05, 3.63) is 80.8 Å². The number of nitrogens with one attached hydrogen (secondary N) is 1. The number of halogens is 3. The van der Waals surface area contributed by atoms with Gasteiger partial charge in [0.25, 0.3) is 0 Å². The van der Waals surface area contributed by atoms with E-state index in [0.29, 0.717) is 38.4 Å². The fourth-order valence-electron chi connectivity index (χ4n) is 3.13. The van der Waals surface area contributed by atoms with Gasteiger partial charge in [0.2, 0.25) is 11.9 Å². The number of benzene rings is 3. The predicted octanol–water partition coefficient (Wildman–Crippen LogP) is 5.53. The zero-order valence-corrected chi connectivity index (χ0v) is 17.8. The molecule has 3 aromatic carbocycles. The molecule has 10 heteroatoms. The normalized spacial score (nSPS) is 10.9. The van der Waals surface area contributed by atoms with E-state index in [0.717, 1.165) is 0 Å². The molecule has 0 fully saturated rings. The van der Waals surface area contributed by atoms with E-state index < -0.39 is 11.9 Å². The third kappa shape index (κ3) is 3.90. The number of carbonyl (C=O) groups is 2. The standard InChI is InChI=1S/C21H13Cl3N4O3/c22-13-2-1-3-14(23)18(13)27-21-26-16-8-10(20(30)31)4-7-17(16)28(21)11-5-6-12(19(25)29)15(24)9-11/h1-9H,(H2,25,29)(H,26,27)(H,30,31). The Morgan fingerprint density at radius 3 is 2.29 bits per heavy atom. The second kappa shape index (κ2) is 8.11. The first kappa shape index (κ1) is 21.0. The molecular weight excluding hydrogens is 463 g/mol. The van der Waals surface area contributed by atoms with E-state index >= 15 is 0 Å². The number of carboxylic acids is 1. The maximum absolute atomic E-state index is 11.5. The summed E-state index contributed by atoms with van der Waals surface area (Å²) in [6.07, 6.45) is 0. The highest BCUT2D eigenvalue weighted by atomic mass is 35.5. The van der Waals surface area contributed by atoms with Crippen LogP contribution in [0.15, 0.2) is 54.6 Å². The molecule has 31 heavy (non-hydrogen) atoms. The second-order valence-electron chi connectivity index (χ2n) is 6.53. The smallest absolute Gasteiger partial charge is 0.335 e. The molecule has 0 aliphatic rings. The third-order valence-electron chi connectivity index (χ3n) is 4.58. The van der Waals surface area contributed by atoms with Crippen LogP contribution in [0.4, 0.5) is 11.6 Å². The van der Waals surface area contributed by atoms with Crippen LogP contribution >= 0.6 is 34.8 Å². The van der Waals surface area contributed by atoms with E-state index in [9.17, 15) is 14.7 Å². The zero-order valence-electron chi connectivity index (χ0n) is 15.6. The summed E-state index contributed by atoms with van der Waals surface area (Å²) in [7, 11) is 0. The Morgan fingerprint density at radius 2 is 1.68 bits per heavy atom. The second-order valence-corrected chi connectivity index (χ2v) is 7.75. The molecule has 0 atom stereocenters. The van der Waals surface area contributed by atoms with Gasteiger partial charge in [0.05, 0.1) is 48.6 Å². The van der Waals surface area contributed by atoms with Gasteiger partial charge in [0.15, 0.2) is 0 Å². The van der Waals surface area contributed by atoms with Crippen molar-refractivity contribution in [1.29, 1.82) is 0 Å². The molecule has 1 aromatic heterocycles. The van der Waals surface area contributed by atoms with E-state index in [4.69, 9.17) is 40.5 Å². The monoisotopic (exact) mass is 474 g/mol. The molecular formula is C21H13Cl3N4O3. The largest absolute Gasteiger partial charge is 0.478 e. The fourth-order valence-corrected chi connectivity index (χ4v) is 3.89. The molecule has 0 aliphatic heterocycles. The van der Waals surface area contributed by atoms with Crippen LogP contribution in [0.5, 0.6) is 0 Å². The number of aromatic nitrogens is 2. The number of nitrogens with two attached hydrogens (primary N) is 1. The molecule has 4 N–H and O–H groups in total. The van der Waals surface area contributed by atoms with Crippen molar-refractivity contribution in [3.63, 3.8) is 0 Å².